The van der Waals surface area contributed by atoms with Gasteiger partial charge in [0.2, 0.25) is 11.8 Å². The van der Waals surface area contributed by atoms with Gasteiger partial charge in [0.25, 0.3) is 0 Å². The first-order valence-electron chi connectivity index (χ1n) is 12.3. The zero-order chi connectivity index (χ0) is 24.7. The van der Waals surface area contributed by atoms with Crippen molar-refractivity contribution in [2.75, 3.05) is 26.3 Å². The number of carbonyl (C=O) groups excluding carboxylic acids is 2. The van der Waals surface area contributed by atoms with Crippen molar-refractivity contribution < 1.29 is 29.3 Å². The Labute approximate surface area is 201 Å². The number of benzene rings is 1. The highest BCUT2D eigenvalue weighted by molar-refractivity contribution is 5.96. The molecule has 4 unspecified atom stereocenters. The van der Waals surface area contributed by atoms with Crippen LogP contribution in [0.15, 0.2) is 35.9 Å². The summed E-state index contributed by atoms with van der Waals surface area (Å²) in [6.07, 6.45) is 2.77. The van der Waals surface area contributed by atoms with Crippen LogP contribution in [-0.4, -0.2) is 77.6 Å². The zero-order valence-electron chi connectivity index (χ0n) is 20.4. The van der Waals surface area contributed by atoms with Crippen LogP contribution >= 0.6 is 0 Å². The number of aliphatic hydroxyl groups is 2. The third-order valence-corrected chi connectivity index (χ3v) is 6.30. The van der Waals surface area contributed by atoms with Gasteiger partial charge in [-0.2, -0.15) is 0 Å². The van der Waals surface area contributed by atoms with Crippen molar-refractivity contribution >= 4 is 11.8 Å². The van der Waals surface area contributed by atoms with Crippen LogP contribution in [0.2, 0.25) is 0 Å². The van der Waals surface area contributed by atoms with E-state index in [1.807, 2.05) is 45.0 Å². The van der Waals surface area contributed by atoms with E-state index in [2.05, 4.69) is 5.32 Å². The number of amides is 2. The van der Waals surface area contributed by atoms with Crippen LogP contribution in [0.1, 0.15) is 57.9 Å². The maximum absolute atomic E-state index is 13.2. The van der Waals surface area contributed by atoms with Crippen molar-refractivity contribution in [1.82, 2.24) is 10.2 Å². The average molecular weight is 475 g/mol. The Morgan fingerprint density at radius 3 is 2.71 bits per heavy atom. The first-order valence-corrected chi connectivity index (χ1v) is 12.3. The van der Waals surface area contributed by atoms with Gasteiger partial charge in [0.05, 0.1) is 24.7 Å². The summed E-state index contributed by atoms with van der Waals surface area (Å²) in [4.78, 5) is 28.0. The molecule has 1 aliphatic carbocycles. The number of fused-ring (bicyclic) bond motifs is 3. The molecule has 1 heterocycles. The van der Waals surface area contributed by atoms with E-state index in [4.69, 9.17) is 9.47 Å². The number of nitrogens with zero attached hydrogens (tertiary/aromatic N) is 1. The van der Waals surface area contributed by atoms with E-state index in [9.17, 15) is 19.8 Å². The first-order chi connectivity index (χ1) is 16.4. The second kappa shape index (κ2) is 12.3. The van der Waals surface area contributed by atoms with Crippen LogP contribution in [0, 0.1) is 0 Å². The van der Waals surface area contributed by atoms with E-state index in [0.717, 1.165) is 18.4 Å². The second-order valence-electron chi connectivity index (χ2n) is 9.14. The Bertz CT molecular complexity index is 871. The van der Waals surface area contributed by atoms with Crippen LogP contribution in [0.3, 0.4) is 0 Å². The molecule has 8 nitrogen and oxygen atoms in total. The molecular formula is C26H38N2O6. The number of aliphatic hydroxyl groups excluding tert-OH is 2. The summed E-state index contributed by atoms with van der Waals surface area (Å²) >= 11 is 0. The average Bonchev–Trinajstić information content (AvgIpc) is 3.22. The van der Waals surface area contributed by atoms with Gasteiger partial charge in [-0.3, -0.25) is 9.59 Å². The number of rotatable bonds is 12. The fraction of sp³-hybridized carbons (Fsp3) is 0.615. The van der Waals surface area contributed by atoms with Gasteiger partial charge in [-0.25, -0.2) is 0 Å². The molecule has 188 valence electrons. The molecule has 1 aromatic rings. The second-order valence-corrected chi connectivity index (χ2v) is 9.14. The standard InChI is InChI=1S/C26H38N2O6/c1-4-5-11-22(30)28(13-8-15-33-17(2)3)20-16-19(26(32)27-12-14-29)23-18-9-6-7-10-21(18)34-25(23)24(20)31/h6-7,9-10,16-17,20,23-25,29,31H,4-5,8,11-15H2,1-3H3,(H,27,32). The number of hydrogen-bond acceptors (Lipinski definition) is 6. The third-order valence-electron chi connectivity index (χ3n) is 6.30. The molecule has 1 aliphatic heterocycles. The Balaban J connectivity index is 1.93. The monoisotopic (exact) mass is 474 g/mol. The third kappa shape index (κ3) is 5.98. The van der Waals surface area contributed by atoms with Crippen molar-refractivity contribution in [2.24, 2.45) is 0 Å². The summed E-state index contributed by atoms with van der Waals surface area (Å²) in [5, 5.41) is 23.3. The molecule has 3 rings (SSSR count). The van der Waals surface area contributed by atoms with Crippen LogP contribution in [0.4, 0.5) is 0 Å². The van der Waals surface area contributed by atoms with Crippen molar-refractivity contribution in [3.05, 3.63) is 41.5 Å². The first kappa shape index (κ1) is 26.2. The number of hydrogen-bond donors (Lipinski definition) is 3. The van der Waals surface area contributed by atoms with Gasteiger partial charge in [0.1, 0.15) is 18.0 Å². The Morgan fingerprint density at radius 1 is 1.24 bits per heavy atom. The molecule has 1 aromatic carbocycles. The van der Waals surface area contributed by atoms with Gasteiger partial charge in [-0.1, -0.05) is 31.5 Å². The van der Waals surface area contributed by atoms with Crippen molar-refractivity contribution in [3.63, 3.8) is 0 Å². The van der Waals surface area contributed by atoms with Crippen LogP contribution < -0.4 is 10.1 Å². The zero-order valence-corrected chi connectivity index (χ0v) is 20.4. The fourth-order valence-electron chi connectivity index (χ4n) is 4.66. The lowest BCUT2D eigenvalue weighted by molar-refractivity contribution is -0.137. The van der Waals surface area contributed by atoms with E-state index in [0.29, 0.717) is 37.3 Å². The molecule has 4 atom stereocenters. The number of para-hydroxylation sites is 1. The molecule has 0 bridgehead atoms. The predicted molar refractivity (Wildman–Crippen MR) is 129 cm³/mol. The quantitative estimate of drug-likeness (QED) is 0.401. The Kier molecular flexibility index (Phi) is 9.50. The molecule has 0 spiro atoms. The number of nitrogens with one attached hydrogen (secondary N) is 1. The Hall–Kier alpha value is -2.42. The van der Waals surface area contributed by atoms with Gasteiger partial charge in [0.15, 0.2) is 0 Å². The minimum absolute atomic E-state index is 0.0595. The molecular weight excluding hydrogens is 436 g/mol. The summed E-state index contributed by atoms with van der Waals surface area (Å²) in [6.45, 7) is 6.80. The van der Waals surface area contributed by atoms with Crippen molar-refractivity contribution in [2.45, 2.75) is 76.7 Å². The summed E-state index contributed by atoms with van der Waals surface area (Å²) in [5.74, 6) is -0.202. The van der Waals surface area contributed by atoms with E-state index in [1.165, 1.54) is 0 Å². The normalized spacial score (nSPS) is 23.1. The molecule has 2 amide bonds. The topological polar surface area (TPSA) is 108 Å². The SMILES string of the molecule is CCCCC(=O)N(CCCOC(C)C)C1C=C(C(=O)NCCO)C2c3ccccc3OC2C1O. The summed E-state index contributed by atoms with van der Waals surface area (Å²) < 4.78 is 11.8. The molecule has 0 fully saturated rings. The van der Waals surface area contributed by atoms with Crippen LogP contribution in [-0.2, 0) is 14.3 Å². The largest absolute Gasteiger partial charge is 0.486 e. The highest BCUT2D eigenvalue weighted by Crippen LogP contribution is 2.47. The lowest BCUT2D eigenvalue weighted by atomic mass is 9.77. The van der Waals surface area contributed by atoms with Crippen molar-refractivity contribution in [1.29, 1.82) is 0 Å². The highest BCUT2D eigenvalue weighted by atomic mass is 16.5. The summed E-state index contributed by atoms with van der Waals surface area (Å²) in [5.41, 5.74) is 1.29. The minimum atomic E-state index is -0.997. The van der Waals surface area contributed by atoms with Gasteiger partial charge >= 0.3 is 0 Å². The fourth-order valence-corrected chi connectivity index (χ4v) is 4.66. The lowest BCUT2D eigenvalue weighted by Gasteiger charge is -2.41. The number of unbranched alkanes of at least 4 members (excludes halogenated alkanes) is 1. The van der Waals surface area contributed by atoms with Gasteiger partial charge in [-0.15, -0.1) is 0 Å². The van der Waals surface area contributed by atoms with Gasteiger partial charge in [-0.05, 0) is 38.8 Å². The molecule has 2 aliphatic rings. The van der Waals surface area contributed by atoms with Gasteiger partial charge in [0, 0.05) is 37.3 Å². The maximum Gasteiger partial charge on any atom is 0.247 e. The number of carbonyl (C=O) groups is 2. The van der Waals surface area contributed by atoms with Crippen LogP contribution in [0.5, 0.6) is 5.75 Å². The van der Waals surface area contributed by atoms with Crippen molar-refractivity contribution in [3.8, 4) is 5.75 Å². The highest BCUT2D eigenvalue weighted by Gasteiger charge is 2.50. The molecule has 0 radical (unpaired) electrons. The summed E-state index contributed by atoms with van der Waals surface area (Å²) in [6, 6.07) is 6.75. The smallest absolute Gasteiger partial charge is 0.247 e. The number of ether oxygens (including phenoxy) is 2. The Morgan fingerprint density at radius 2 is 2.00 bits per heavy atom. The molecule has 34 heavy (non-hydrogen) atoms. The molecule has 0 saturated heterocycles. The van der Waals surface area contributed by atoms with Crippen LogP contribution in [0.25, 0.3) is 0 Å². The van der Waals surface area contributed by atoms with E-state index in [1.54, 1.807) is 11.0 Å². The minimum Gasteiger partial charge on any atom is -0.486 e. The molecule has 0 saturated carbocycles. The molecule has 0 aromatic heterocycles. The van der Waals surface area contributed by atoms with Gasteiger partial charge < -0.3 is 29.9 Å². The predicted octanol–water partition coefficient (Wildman–Crippen LogP) is 2.14. The molecule has 8 heteroatoms. The molecule has 3 N–H and O–H groups in total. The summed E-state index contributed by atoms with van der Waals surface area (Å²) in [7, 11) is 0. The lowest BCUT2D eigenvalue weighted by Crippen LogP contribution is -2.56. The van der Waals surface area contributed by atoms with E-state index >= 15 is 0 Å². The maximum atomic E-state index is 13.2. The van der Waals surface area contributed by atoms with E-state index < -0.39 is 24.2 Å². The van der Waals surface area contributed by atoms with E-state index in [-0.39, 0.29) is 31.1 Å².